The van der Waals surface area contributed by atoms with E-state index in [-0.39, 0.29) is 17.9 Å². The van der Waals surface area contributed by atoms with Crippen LogP contribution in [0.1, 0.15) is 13.3 Å². The van der Waals surface area contributed by atoms with E-state index >= 15 is 0 Å². The van der Waals surface area contributed by atoms with E-state index in [1.807, 2.05) is 11.8 Å². The first-order valence-electron chi connectivity index (χ1n) is 5.09. The van der Waals surface area contributed by atoms with Gasteiger partial charge in [-0.3, -0.25) is 14.5 Å². The van der Waals surface area contributed by atoms with Crippen LogP contribution in [0.5, 0.6) is 0 Å². The summed E-state index contributed by atoms with van der Waals surface area (Å²) in [6, 6.07) is 0.0649. The van der Waals surface area contributed by atoms with Gasteiger partial charge in [-0.15, -0.1) is 0 Å². The van der Waals surface area contributed by atoms with Crippen molar-refractivity contribution in [1.29, 1.82) is 0 Å². The van der Waals surface area contributed by atoms with Crippen LogP contribution in [-0.2, 0) is 14.3 Å². The molecule has 1 saturated heterocycles. The van der Waals surface area contributed by atoms with Crippen LogP contribution in [0.4, 0.5) is 0 Å². The Morgan fingerprint density at radius 1 is 1.53 bits per heavy atom. The smallest absolute Gasteiger partial charge is 0.307 e. The highest BCUT2D eigenvalue weighted by Gasteiger charge is 2.25. The van der Waals surface area contributed by atoms with Gasteiger partial charge in [-0.1, -0.05) is 0 Å². The minimum absolute atomic E-state index is 0.0649. The van der Waals surface area contributed by atoms with E-state index in [1.165, 1.54) is 7.11 Å². The lowest BCUT2D eigenvalue weighted by atomic mass is 10.1. The molecule has 1 rings (SSSR count). The number of likely N-dealkylation sites (N-methyl/N-ethyl adjacent to an activating group) is 1. The van der Waals surface area contributed by atoms with Crippen molar-refractivity contribution in [2.75, 3.05) is 33.8 Å². The molecule has 1 amide bonds. The van der Waals surface area contributed by atoms with E-state index in [9.17, 15) is 9.59 Å². The number of esters is 1. The summed E-state index contributed by atoms with van der Waals surface area (Å²) in [7, 11) is 3.18. The third-order valence-corrected chi connectivity index (χ3v) is 2.80. The summed E-state index contributed by atoms with van der Waals surface area (Å²) in [6.45, 7) is 3.88. The largest absolute Gasteiger partial charge is 0.469 e. The third kappa shape index (κ3) is 3.20. The predicted octanol–water partition coefficient (Wildman–Crippen LogP) is -0.288. The zero-order valence-corrected chi connectivity index (χ0v) is 9.52. The lowest BCUT2D eigenvalue weighted by Gasteiger charge is -2.35. The second kappa shape index (κ2) is 5.11. The number of carbonyl (C=O) groups excluding carboxylic acids is 2. The van der Waals surface area contributed by atoms with Crippen LogP contribution in [0.25, 0.3) is 0 Å². The van der Waals surface area contributed by atoms with Crippen molar-refractivity contribution < 1.29 is 14.3 Å². The molecule has 0 aromatic carbocycles. The van der Waals surface area contributed by atoms with E-state index < -0.39 is 0 Å². The van der Waals surface area contributed by atoms with Gasteiger partial charge in [0.15, 0.2) is 0 Å². The molecule has 1 unspecified atom stereocenters. The van der Waals surface area contributed by atoms with Gasteiger partial charge in [0, 0.05) is 26.2 Å². The van der Waals surface area contributed by atoms with Crippen molar-refractivity contribution >= 4 is 11.9 Å². The molecule has 1 atom stereocenters. The number of ether oxygens (including phenoxy) is 1. The van der Waals surface area contributed by atoms with Gasteiger partial charge in [0.25, 0.3) is 0 Å². The zero-order chi connectivity index (χ0) is 11.4. The molecule has 1 aliphatic rings. The predicted molar refractivity (Wildman–Crippen MR) is 55.3 cm³/mol. The Morgan fingerprint density at radius 2 is 2.20 bits per heavy atom. The third-order valence-electron chi connectivity index (χ3n) is 2.80. The van der Waals surface area contributed by atoms with Crippen molar-refractivity contribution in [2.24, 2.45) is 0 Å². The van der Waals surface area contributed by atoms with Gasteiger partial charge in [-0.05, 0) is 6.92 Å². The Hall–Kier alpha value is -1.10. The molecule has 0 radical (unpaired) electrons. The number of methoxy groups -OCH3 is 1. The minimum atomic E-state index is -0.228. The summed E-state index contributed by atoms with van der Waals surface area (Å²) in [6.07, 6.45) is 0.341. The van der Waals surface area contributed by atoms with Gasteiger partial charge in [0.2, 0.25) is 5.91 Å². The Bertz CT molecular complexity index is 255. The molecular formula is C10H18N2O3. The lowest BCUT2D eigenvalue weighted by Crippen LogP contribution is -2.51. The molecule has 1 fully saturated rings. The van der Waals surface area contributed by atoms with Gasteiger partial charge >= 0.3 is 5.97 Å². The number of hydrogen-bond donors (Lipinski definition) is 0. The van der Waals surface area contributed by atoms with Gasteiger partial charge in [0.05, 0.1) is 20.1 Å². The standard InChI is InChI=1S/C10H18N2O3/c1-8(6-10(14)15-3)12-5-4-11(2)9(13)7-12/h8H,4-7H2,1-3H3. The molecule has 86 valence electrons. The molecule has 1 aliphatic heterocycles. The zero-order valence-electron chi connectivity index (χ0n) is 9.52. The van der Waals surface area contributed by atoms with Crippen LogP contribution in [0, 0.1) is 0 Å². The van der Waals surface area contributed by atoms with Crippen molar-refractivity contribution in [3.05, 3.63) is 0 Å². The molecular weight excluding hydrogens is 196 g/mol. The van der Waals surface area contributed by atoms with Gasteiger partial charge < -0.3 is 9.64 Å². The van der Waals surface area contributed by atoms with E-state index in [2.05, 4.69) is 4.74 Å². The van der Waals surface area contributed by atoms with E-state index in [0.29, 0.717) is 13.0 Å². The molecule has 1 heterocycles. The second-order valence-corrected chi connectivity index (χ2v) is 3.92. The van der Waals surface area contributed by atoms with Crippen LogP contribution < -0.4 is 0 Å². The molecule has 0 N–H and O–H groups in total. The fourth-order valence-corrected chi connectivity index (χ4v) is 1.61. The minimum Gasteiger partial charge on any atom is -0.469 e. The number of carbonyl (C=O) groups is 2. The highest BCUT2D eigenvalue weighted by atomic mass is 16.5. The Morgan fingerprint density at radius 3 is 2.73 bits per heavy atom. The highest BCUT2D eigenvalue weighted by molar-refractivity contribution is 5.79. The number of piperazine rings is 1. The Kier molecular flexibility index (Phi) is 4.08. The second-order valence-electron chi connectivity index (χ2n) is 3.92. The van der Waals surface area contributed by atoms with Gasteiger partial charge in [-0.2, -0.15) is 0 Å². The summed E-state index contributed by atoms with van der Waals surface area (Å²) in [5.74, 6) is -0.119. The van der Waals surface area contributed by atoms with Crippen molar-refractivity contribution in [3.8, 4) is 0 Å². The highest BCUT2D eigenvalue weighted by Crippen LogP contribution is 2.09. The Labute approximate surface area is 90.0 Å². The maximum atomic E-state index is 11.4. The van der Waals surface area contributed by atoms with E-state index in [0.717, 1.165) is 13.1 Å². The number of rotatable bonds is 3. The molecule has 5 nitrogen and oxygen atoms in total. The van der Waals surface area contributed by atoms with Crippen LogP contribution in [0.2, 0.25) is 0 Å². The topological polar surface area (TPSA) is 49.9 Å². The molecule has 0 bridgehead atoms. The molecule has 0 saturated carbocycles. The first-order valence-corrected chi connectivity index (χ1v) is 5.09. The van der Waals surface area contributed by atoms with E-state index in [4.69, 9.17) is 0 Å². The van der Waals surface area contributed by atoms with Crippen LogP contribution in [0.3, 0.4) is 0 Å². The SMILES string of the molecule is COC(=O)CC(C)N1CCN(C)C(=O)C1. The van der Waals surface area contributed by atoms with Gasteiger partial charge in [0.1, 0.15) is 0 Å². The van der Waals surface area contributed by atoms with Crippen molar-refractivity contribution in [2.45, 2.75) is 19.4 Å². The molecule has 0 spiro atoms. The Balaban J connectivity index is 2.43. The maximum Gasteiger partial charge on any atom is 0.307 e. The first-order chi connectivity index (χ1) is 7.04. The summed E-state index contributed by atoms with van der Waals surface area (Å²) in [5, 5.41) is 0. The molecule has 0 aromatic rings. The van der Waals surface area contributed by atoms with Crippen molar-refractivity contribution in [1.82, 2.24) is 9.80 Å². The summed E-state index contributed by atoms with van der Waals surface area (Å²) < 4.78 is 4.60. The van der Waals surface area contributed by atoms with E-state index in [1.54, 1.807) is 11.9 Å². The summed E-state index contributed by atoms with van der Waals surface area (Å²) >= 11 is 0. The number of amides is 1. The molecule has 0 aliphatic carbocycles. The summed E-state index contributed by atoms with van der Waals surface area (Å²) in [5.41, 5.74) is 0. The average Bonchev–Trinajstić information content (AvgIpc) is 2.21. The fraction of sp³-hybridized carbons (Fsp3) is 0.800. The lowest BCUT2D eigenvalue weighted by molar-refractivity contribution is -0.144. The van der Waals surface area contributed by atoms with Crippen LogP contribution in [-0.4, -0.2) is 61.5 Å². The fourth-order valence-electron chi connectivity index (χ4n) is 1.61. The molecule has 0 aromatic heterocycles. The molecule has 5 heteroatoms. The maximum absolute atomic E-state index is 11.4. The van der Waals surface area contributed by atoms with Crippen LogP contribution >= 0.6 is 0 Å². The normalized spacial score (nSPS) is 20.2. The average molecular weight is 214 g/mol. The quantitative estimate of drug-likeness (QED) is 0.606. The number of nitrogens with zero attached hydrogens (tertiary/aromatic N) is 2. The number of hydrogen-bond acceptors (Lipinski definition) is 4. The van der Waals surface area contributed by atoms with Crippen molar-refractivity contribution in [3.63, 3.8) is 0 Å². The first kappa shape index (κ1) is 12.0. The van der Waals surface area contributed by atoms with Gasteiger partial charge in [-0.25, -0.2) is 0 Å². The summed E-state index contributed by atoms with van der Waals surface area (Å²) in [4.78, 5) is 26.2. The monoisotopic (exact) mass is 214 g/mol. The molecule has 15 heavy (non-hydrogen) atoms. The van der Waals surface area contributed by atoms with Crippen LogP contribution in [0.15, 0.2) is 0 Å².